The number of carbonyl (C=O) groups is 1. The molecule has 0 aliphatic heterocycles. The molecule has 0 bridgehead atoms. The van der Waals surface area contributed by atoms with E-state index in [0.717, 1.165) is 10.8 Å². The maximum Gasteiger partial charge on any atom is 0.259 e. The number of carbonyl (C=O) groups excluding carboxylic acids is 1. The molecule has 0 aromatic heterocycles. The predicted molar refractivity (Wildman–Crippen MR) is 104 cm³/mol. The van der Waals surface area contributed by atoms with Crippen molar-refractivity contribution < 1.29 is 19.4 Å². The van der Waals surface area contributed by atoms with Gasteiger partial charge in [-0.3, -0.25) is 4.79 Å². The van der Waals surface area contributed by atoms with Crippen LogP contribution in [0.2, 0.25) is 5.02 Å². The van der Waals surface area contributed by atoms with E-state index in [1.54, 1.807) is 18.2 Å². The van der Waals surface area contributed by atoms with Crippen molar-refractivity contribution in [2.24, 2.45) is 0 Å². The molecule has 2 N–H and O–H groups in total. The summed E-state index contributed by atoms with van der Waals surface area (Å²) in [6.07, 6.45) is 0. The number of nitrogens with one attached hydrogen (secondary N) is 1. The van der Waals surface area contributed by atoms with Gasteiger partial charge in [-0.25, -0.2) is 0 Å². The van der Waals surface area contributed by atoms with Crippen LogP contribution in [0.5, 0.6) is 17.2 Å². The summed E-state index contributed by atoms with van der Waals surface area (Å²) in [5.41, 5.74) is 0.540. The Morgan fingerprint density at radius 2 is 1.62 bits per heavy atom. The minimum absolute atomic E-state index is 0. The molecule has 3 aromatic rings. The van der Waals surface area contributed by atoms with Crippen LogP contribution in [-0.2, 0) is 0 Å². The topological polar surface area (TPSA) is 67.8 Å². The Bertz CT molecular complexity index is 962. The van der Waals surface area contributed by atoms with Crippen LogP contribution in [0.1, 0.15) is 10.4 Å². The van der Waals surface area contributed by atoms with Crippen molar-refractivity contribution in [1.29, 1.82) is 0 Å². The third-order valence-electron chi connectivity index (χ3n) is 3.83. The Kier molecular flexibility index (Phi) is 6.78. The zero-order valence-electron chi connectivity index (χ0n) is 14.7. The number of phenols is 1. The van der Waals surface area contributed by atoms with E-state index in [0.29, 0.717) is 22.2 Å². The van der Waals surface area contributed by atoms with Crippen molar-refractivity contribution in [3.8, 4) is 17.2 Å². The number of methoxy groups -OCH3 is 2. The molecule has 0 unspecified atom stereocenters. The Balaban J connectivity index is 0.00000243. The Hall–Kier alpha value is -1.92. The van der Waals surface area contributed by atoms with Gasteiger partial charge in [0.1, 0.15) is 17.2 Å². The predicted octanol–water partition coefficient (Wildman–Crippen LogP) is 4.09. The number of ether oxygens (including phenoxy) is 2. The van der Waals surface area contributed by atoms with Gasteiger partial charge >= 0.3 is 0 Å². The van der Waals surface area contributed by atoms with Gasteiger partial charge in [-0.1, -0.05) is 35.9 Å². The quantitative estimate of drug-likeness (QED) is 0.669. The first-order valence-corrected chi connectivity index (χ1v) is 7.86. The van der Waals surface area contributed by atoms with Gasteiger partial charge in [0.05, 0.1) is 30.5 Å². The monoisotopic (exact) mass is 380 g/mol. The van der Waals surface area contributed by atoms with Gasteiger partial charge in [-0.15, -0.1) is 0 Å². The van der Waals surface area contributed by atoms with E-state index in [1.807, 2.05) is 24.3 Å². The van der Waals surface area contributed by atoms with E-state index < -0.39 is 5.91 Å². The Morgan fingerprint density at radius 1 is 1.00 bits per heavy atom. The Labute approximate surface area is 178 Å². The second-order valence-electron chi connectivity index (χ2n) is 5.36. The first-order valence-electron chi connectivity index (χ1n) is 7.48. The number of benzene rings is 3. The maximum atomic E-state index is 12.6. The van der Waals surface area contributed by atoms with Crippen LogP contribution in [0, 0.1) is 0 Å². The second-order valence-corrected chi connectivity index (χ2v) is 5.76. The van der Waals surface area contributed by atoms with Crippen molar-refractivity contribution >= 4 is 63.5 Å². The van der Waals surface area contributed by atoms with E-state index in [2.05, 4.69) is 5.32 Å². The first kappa shape index (κ1) is 20.4. The average molecular weight is 381 g/mol. The number of hydrogen-bond acceptors (Lipinski definition) is 4. The molecule has 129 valence electrons. The molecule has 7 heteroatoms. The molecule has 3 aromatic carbocycles. The normalized spacial score (nSPS) is 10.1. The van der Waals surface area contributed by atoms with E-state index in [-0.39, 0.29) is 40.9 Å². The molecule has 0 aliphatic rings. The van der Waals surface area contributed by atoms with Crippen LogP contribution in [0.15, 0.2) is 48.5 Å². The molecule has 1 radical (unpaired) electrons. The van der Waals surface area contributed by atoms with Crippen LogP contribution in [0.4, 0.5) is 5.69 Å². The third kappa shape index (κ3) is 4.07. The average Bonchev–Trinajstić information content (AvgIpc) is 2.61. The molecule has 0 aliphatic carbocycles. The second kappa shape index (κ2) is 8.64. The number of hydrogen-bond donors (Lipinski definition) is 2. The van der Waals surface area contributed by atoms with Gasteiger partial charge in [0.15, 0.2) is 0 Å². The fourth-order valence-corrected chi connectivity index (χ4v) is 2.80. The van der Waals surface area contributed by atoms with Crippen LogP contribution in [-0.4, -0.2) is 54.8 Å². The molecule has 26 heavy (non-hydrogen) atoms. The fraction of sp³-hybridized carbons (Fsp3) is 0.105. The van der Waals surface area contributed by atoms with Gasteiger partial charge in [-0.05, 0) is 29.0 Å². The summed E-state index contributed by atoms with van der Waals surface area (Å²) < 4.78 is 10.4. The number of phenolic OH excluding ortho intramolecular Hbond substituents is 1. The van der Waals surface area contributed by atoms with Crippen molar-refractivity contribution in [2.75, 3.05) is 19.5 Å². The molecular formula is C19H16ClNNaO4. The molecular weight excluding hydrogens is 365 g/mol. The molecule has 0 fully saturated rings. The number of halogens is 1. The van der Waals surface area contributed by atoms with Crippen LogP contribution in [0.3, 0.4) is 0 Å². The van der Waals surface area contributed by atoms with Crippen LogP contribution < -0.4 is 14.8 Å². The molecule has 1 amide bonds. The summed E-state index contributed by atoms with van der Waals surface area (Å²) in [6.45, 7) is 0. The number of amides is 1. The van der Waals surface area contributed by atoms with Crippen molar-refractivity contribution in [2.45, 2.75) is 0 Å². The van der Waals surface area contributed by atoms with E-state index in [4.69, 9.17) is 21.1 Å². The molecule has 0 heterocycles. The maximum absolute atomic E-state index is 12.6. The molecule has 5 nitrogen and oxygen atoms in total. The van der Waals surface area contributed by atoms with Gasteiger partial charge in [0.25, 0.3) is 5.91 Å². The zero-order valence-corrected chi connectivity index (χ0v) is 17.4. The smallest absolute Gasteiger partial charge is 0.259 e. The summed E-state index contributed by atoms with van der Waals surface area (Å²) in [5.74, 6) is 0.262. The summed E-state index contributed by atoms with van der Waals surface area (Å²) >= 11 is 6.12. The number of rotatable bonds is 4. The first-order chi connectivity index (χ1) is 12.0. The standard InChI is InChI=1S/C19H16ClNO4.Na/c1-24-17-10-18(25-2)15(9-14(17)20)21-19(23)13-7-11-5-3-4-6-12(11)8-16(13)22;/h3-10,22H,1-2H3,(H,21,23);. The van der Waals surface area contributed by atoms with E-state index in [1.165, 1.54) is 20.3 Å². The van der Waals surface area contributed by atoms with Crippen molar-refractivity contribution in [3.63, 3.8) is 0 Å². The van der Waals surface area contributed by atoms with Gasteiger partial charge < -0.3 is 19.9 Å². The summed E-state index contributed by atoms with van der Waals surface area (Å²) in [7, 11) is 2.97. The minimum Gasteiger partial charge on any atom is -0.507 e. The minimum atomic E-state index is -0.470. The summed E-state index contributed by atoms with van der Waals surface area (Å²) in [4.78, 5) is 12.6. The van der Waals surface area contributed by atoms with Gasteiger partial charge in [-0.2, -0.15) is 0 Å². The molecule has 0 atom stereocenters. The zero-order chi connectivity index (χ0) is 18.0. The summed E-state index contributed by atoms with van der Waals surface area (Å²) in [5, 5.41) is 14.9. The van der Waals surface area contributed by atoms with Crippen molar-refractivity contribution in [3.05, 3.63) is 59.1 Å². The van der Waals surface area contributed by atoms with E-state index in [9.17, 15) is 9.90 Å². The summed E-state index contributed by atoms with van der Waals surface area (Å²) in [6, 6.07) is 13.8. The van der Waals surface area contributed by atoms with Gasteiger partial charge in [0.2, 0.25) is 0 Å². The molecule has 0 spiro atoms. The number of aromatic hydroxyl groups is 1. The molecule has 3 rings (SSSR count). The Morgan fingerprint density at radius 3 is 2.23 bits per heavy atom. The van der Waals surface area contributed by atoms with Crippen LogP contribution >= 0.6 is 11.6 Å². The van der Waals surface area contributed by atoms with Crippen molar-refractivity contribution in [1.82, 2.24) is 0 Å². The van der Waals surface area contributed by atoms with E-state index >= 15 is 0 Å². The molecule has 0 saturated carbocycles. The largest absolute Gasteiger partial charge is 0.507 e. The number of anilines is 1. The third-order valence-corrected chi connectivity index (χ3v) is 4.13. The molecule has 0 saturated heterocycles. The van der Waals surface area contributed by atoms with Crippen LogP contribution in [0.25, 0.3) is 10.8 Å². The SMILES string of the molecule is COc1cc(OC)c(NC(=O)c2cc3ccccc3cc2O)cc1Cl.[Na]. The fourth-order valence-electron chi connectivity index (χ4n) is 2.56. The number of fused-ring (bicyclic) bond motifs is 1. The van der Waals surface area contributed by atoms with Gasteiger partial charge in [0, 0.05) is 35.6 Å².